The summed E-state index contributed by atoms with van der Waals surface area (Å²) in [6.45, 7) is 0. The second-order valence-corrected chi connectivity index (χ2v) is 2.64. The summed E-state index contributed by atoms with van der Waals surface area (Å²) in [7, 11) is 0. The summed E-state index contributed by atoms with van der Waals surface area (Å²) in [5.41, 5.74) is 4.55. The molecule has 0 saturated heterocycles. The van der Waals surface area contributed by atoms with Gasteiger partial charge in [-0.05, 0) is 19.3 Å². The normalized spacial score (nSPS) is 43.1. The third-order valence-electron chi connectivity index (χ3n) is 1.93. The number of carbonyl (C=O) groups is 1. The number of hydrogen-bond donors (Lipinski definition) is 2. The smallest absolute Gasteiger partial charge is 0.142 e. The Kier molecular flexibility index (Phi) is 1.55. The van der Waals surface area contributed by atoms with Gasteiger partial charge in [-0.15, -0.1) is 0 Å². The molecular weight excluding hydrogens is 118 g/mol. The van der Waals surface area contributed by atoms with E-state index in [1.807, 2.05) is 0 Å². The molecule has 0 aromatic heterocycles. The summed E-state index contributed by atoms with van der Waals surface area (Å²) in [6.07, 6.45) is 2.18. The quantitative estimate of drug-likeness (QED) is 0.466. The number of aliphatic hydroxyl groups is 1. The molecule has 0 amide bonds. The summed E-state index contributed by atoms with van der Waals surface area (Å²) in [5, 5.41) is 9.09. The molecular formula is C6H11NO2. The van der Waals surface area contributed by atoms with E-state index in [0.717, 1.165) is 6.42 Å². The van der Waals surface area contributed by atoms with Crippen LogP contribution in [0.4, 0.5) is 0 Å². The fourth-order valence-electron chi connectivity index (χ4n) is 1.17. The second-order valence-electron chi connectivity index (χ2n) is 2.64. The van der Waals surface area contributed by atoms with Crippen LogP contribution in [0.1, 0.15) is 19.3 Å². The molecule has 1 saturated carbocycles. The molecule has 0 aliphatic heterocycles. The molecule has 1 rings (SSSR count). The van der Waals surface area contributed by atoms with Gasteiger partial charge in [0.25, 0.3) is 0 Å². The minimum Gasteiger partial charge on any atom is -0.391 e. The molecule has 0 radical (unpaired) electrons. The van der Waals surface area contributed by atoms with Crippen molar-refractivity contribution in [3.63, 3.8) is 0 Å². The number of nitrogens with two attached hydrogens (primary N) is 1. The van der Waals surface area contributed by atoms with Crippen molar-refractivity contribution in [1.29, 1.82) is 0 Å². The van der Waals surface area contributed by atoms with Crippen LogP contribution in [0.2, 0.25) is 0 Å². The molecule has 1 aliphatic rings. The molecule has 0 bridgehead atoms. The van der Waals surface area contributed by atoms with E-state index in [1.54, 1.807) is 0 Å². The zero-order valence-corrected chi connectivity index (χ0v) is 5.21. The standard InChI is InChI=1S/C6H11NO2/c7-6(4-8)3-1-2-5(6)9/h4-5,9H,1-3,7H2. The number of aldehydes is 1. The highest BCUT2D eigenvalue weighted by Crippen LogP contribution is 2.25. The van der Waals surface area contributed by atoms with Crippen molar-refractivity contribution in [3.8, 4) is 0 Å². The van der Waals surface area contributed by atoms with Crippen molar-refractivity contribution in [2.75, 3.05) is 0 Å². The Balaban J connectivity index is 2.66. The van der Waals surface area contributed by atoms with E-state index >= 15 is 0 Å². The van der Waals surface area contributed by atoms with Gasteiger partial charge in [-0.1, -0.05) is 0 Å². The molecule has 3 heteroatoms. The lowest BCUT2D eigenvalue weighted by molar-refractivity contribution is -0.114. The van der Waals surface area contributed by atoms with Crippen LogP contribution in [0.25, 0.3) is 0 Å². The maximum Gasteiger partial charge on any atom is 0.142 e. The first kappa shape index (κ1) is 6.71. The van der Waals surface area contributed by atoms with Crippen molar-refractivity contribution in [2.24, 2.45) is 5.73 Å². The van der Waals surface area contributed by atoms with Crippen LogP contribution >= 0.6 is 0 Å². The van der Waals surface area contributed by atoms with Gasteiger partial charge < -0.3 is 15.6 Å². The average Bonchev–Trinajstić information content (AvgIpc) is 2.15. The second kappa shape index (κ2) is 2.08. The van der Waals surface area contributed by atoms with Crippen LogP contribution in [-0.2, 0) is 4.79 Å². The zero-order valence-electron chi connectivity index (χ0n) is 5.21. The molecule has 2 unspecified atom stereocenters. The highest BCUT2D eigenvalue weighted by molar-refractivity contribution is 5.65. The van der Waals surface area contributed by atoms with Crippen molar-refractivity contribution < 1.29 is 9.90 Å². The number of carbonyl (C=O) groups excluding carboxylic acids is 1. The van der Waals surface area contributed by atoms with Crippen LogP contribution in [0.3, 0.4) is 0 Å². The Labute approximate surface area is 53.9 Å². The molecule has 1 aliphatic carbocycles. The Bertz CT molecular complexity index is 126. The van der Waals surface area contributed by atoms with Gasteiger partial charge in [0, 0.05) is 0 Å². The number of rotatable bonds is 1. The molecule has 0 aromatic carbocycles. The van der Waals surface area contributed by atoms with Gasteiger partial charge in [0.1, 0.15) is 6.29 Å². The Morgan fingerprint density at radius 1 is 1.78 bits per heavy atom. The zero-order chi connectivity index (χ0) is 6.91. The Hall–Kier alpha value is -0.410. The van der Waals surface area contributed by atoms with Crippen molar-refractivity contribution in [2.45, 2.75) is 30.9 Å². The highest BCUT2D eigenvalue weighted by Gasteiger charge is 2.37. The van der Waals surface area contributed by atoms with Crippen LogP contribution in [0.5, 0.6) is 0 Å². The van der Waals surface area contributed by atoms with Crippen LogP contribution in [0, 0.1) is 0 Å². The molecule has 1 fully saturated rings. The first-order valence-electron chi connectivity index (χ1n) is 3.12. The summed E-state index contributed by atoms with van der Waals surface area (Å²) >= 11 is 0. The summed E-state index contributed by atoms with van der Waals surface area (Å²) in [6, 6.07) is 0. The van der Waals surface area contributed by atoms with E-state index < -0.39 is 11.6 Å². The fraction of sp³-hybridized carbons (Fsp3) is 0.833. The topological polar surface area (TPSA) is 63.3 Å². The van der Waals surface area contributed by atoms with Crippen molar-refractivity contribution >= 4 is 6.29 Å². The minimum absolute atomic E-state index is 0.616. The van der Waals surface area contributed by atoms with E-state index in [9.17, 15) is 4.79 Å². The summed E-state index contributed by atoms with van der Waals surface area (Å²) < 4.78 is 0. The predicted molar refractivity (Wildman–Crippen MR) is 32.8 cm³/mol. The van der Waals surface area contributed by atoms with E-state index in [1.165, 1.54) is 0 Å². The van der Waals surface area contributed by atoms with Gasteiger partial charge in [-0.25, -0.2) is 0 Å². The van der Waals surface area contributed by atoms with Crippen LogP contribution in [-0.4, -0.2) is 23.0 Å². The molecule has 2 atom stereocenters. The first-order chi connectivity index (χ1) is 4.19. The third-order valence-corrected chi connectivity index (χ3v) is 1.93. The number of aliphatic hydroxyl groups excluding tert-OH is 1. The third kappa shape index (κ3) is 0.976. The van der Waals surface area contributed by atoms with E-state index in [0.29, 0.717) is 19.1 Å². The summed E-state index contributed by atoms with van der Waals surface area (Å²) in [5.74, 6) is 0. The molecule has 3 nitrogen and oxygen atoms in total. The lowest BCUT2D eigenvalue weighted by Gasteiger charge is -2.19. The Morgan fingerprint density at radius 2 is 2.44 bits per heavy atom. The largest absolute Gasteiger partial charge is 0.391 e. The van der Waals surface area contributed by atoms with Crippen LogP contribution in [0.15, 0.2) is 0 Å². The van der Waals surface area contributed by atoms with Gasteiger partial charge in [0.15, 0.2) is 0 Å². The van der Waals surface area contributed by atoms with Gasteiger partial charge in [0.05, 0.1) is 11.6 Å². The van der Waals surface area contributed by atoms with Crippen LogP contribution < -0.4 is 5.73 Å². The molecule has 52 valence electrons. The van der Waals surface area contributed by atoms with Crippen molar-refractivity contribution in [1.82, 2.24) is 0 Å². The maximum absolute atomic E-state index is 10.3. The molecule has 0 aromatic rings. The monoisotopic (exact) mass is 129 g/mol. The van der Waals surface area contributed by atoms with Gasteiger partial charge >= 0.3 is 0 Å². The lowest BCUT2D eigenvalue weighted by Crippen LogP contribution is -2.48. The van der Waals surface area contributed by atoms with Crippen molar-refractivity contribution in [3.05, 3.63) is 0 Å². The Morgan fingerprint density at radius 3 is 2.67 bits per heavy atom. The molecule has 0 spiro atoms. The van der Waals surface area contributed by atoms with E-state index in [4.69, 9.17) is 10.8 Å². The van der Waals surface area contributed by atoms with E-state index in [2.05, 4.69) is 0 Å². The fourth-order valence-corrected chi connectivity index (χ4v) is 1.17. The van der Waals surface area contributed by atoms with Gasteiger partial charge in [-0.2, -0.15) is 0 Å². The average molecular weight is 129 g/mol. The molecule has 3 N–H and O–H groups in total. The lowest BCUT2D eigenvalue weighted by atomic mass is 9.99. The SMILES string of the molecule is NC1(C=O)CCCC1O. The highest BCUT2D eigenvalue weighted by atomic mass is 16.3. The maximum atomic E-state index is 10.3. The predicted octanol–water partition coefficient (Wildman–Crippen LogP) is -0.572. The first-order valence-corrected chi connectivity index (χ1v) is 3.12. The summed E-state index contributed by atoms with van der Waals surface area (Å²) in [4.78, 5) is 10.3. The van der Waals surface area contributed by atoms with E-state index in [-0.39, 0.29) is 0 Å². The van der Waals surface area contributed by atoms with Gasteiger partial charge in [-0.3, -0.25) is 0 Å². The number of hydrogen-bond acceptors (Lipinski definition) is 3. The van der Waals surface area contributed by atoms with Gasteiger partial charge in [0.2, 0.25) is 0 Å². The molecule has 0 heterocycles. The minimum atomic E-state index is -0.931. The molecule has 9 heavy (non-hydrogen) atoms.